The van der Waals surface area contributed by atoms with Crippen molar-refractivity contribution in [1.29, 1.82) is 0 Å². The SMILES string of the molecule is Cc1cc(Cl)cc([C@@H](N)CC(F)F)c1O.Cl. The van der Waals surface area contributed by atoms with Crippen molar-refractivity contribution in [3.8, 4) is 5.75 Å². The van der Waals surface area contributed by atoms with E-state index in [-0.39, 0.29) is 23.7 Å². The third-order valence-corrected chi connectivity index (χ3v) is 2.34. The molecule has 6 heteroatoms. The molecule has 0 aliphatic heterocycles. The predicted molar refractivity (Wildman–Crippen MR) is 62.7 cm³/mol. The molecule has 0 heterocycles. The number of hydrogen-bond donors (Lipinski definition) is 2. The maximum Gasteiger partial charge on any atom is 0.240 e. The Kier molecular flexibility index (Phi) is 6.00. The number of phenolic OH excluding ortho intramolecular Hbond substituents is 1. The molecule has 0 saturated carbocycles. The highest BCUT2D eigenvalue weighted by atomic mass is 35.5. The summed E-state index contributed by atoms with van der Waals surface area (Å²) in [5.74, 6) is -0.0625. The number of rotatable bonds is 3. The van der Waals surface area contributed by atoms with Crippen LogP contribution in [-0.2, 0) is 0 Å². The molecule has 1 aromatic carbocycles. The fourth-order valence-electron chi connectivity index (χ4n) is 1.36. The Bertz CT molecular complexity index is 361. The van der Waals surface area contributed by atoms with Gasteiger partial charge < -0.3 is 10.8 Å². The standard InChI is InChI=1S/C10H12ClF2NO.ClH/c1-5-2-6(11)3-7(10(5)15)8(14)4-9(12)13;/h2-3,8-9,15H,4,14H2,1H3;1H/t8-;/m0./s1. The molecule has 0 bridgehead atoms. The first-order valence-electron chi connectivity index (χ1n) is 4.44. The summed E-state index contributed by atoms with van der Waals surface area (Å²) in [6, 6.07) is 2.06. The van der Waals surface area contributed by atoms with E-state index in [1.165, 1.54) is 6.07 Å². The van der Waals surface area contributed by atoms with E-state index in [2.05, 4.69) is 0 Å². The van der Waals surface area contributed by atoms with Crippen LogP contribution in [0.4, 0.5) is 8.78 Å². The van der Waals surface area contributed by atoms with E-state index in [1.807, 2.05) is 0 Å². The molecule has 0 spiro atoms. The van der Waals surface area contributed by atoms with Crippen molar-refractivity contribution >= 4 is 24.0 Å². The van der Waals surface area contributed by atoms with E-state index in [0.717, 1.165) is 0 Å². The molecule has 1 aromatic rings. The Labute approximate surface area is 104 Å². The zero-order valence-electron chi connectivity index (χ0n) is 8.58. The van der Waals surface area contributed by atoms with Gasteiger partial charge in [-0.15, -0.1) is 12.4 Å². The van der Waals surface area contributed by atoms with Crippen LogP contribution < -0.4 is 5.73 Å². The molecule has 0 unspecified atom stereocenters. The Balaban J connectivity index is 0.00000225. The summed E-state index contributed by atoms with van der Waals surface area (Å²) in [5.41, 5.74) is 6.33. The Hall–Kier alpha value is -0.580. The van der Waals surface area contributed by atoms with Crippen LogP contribution in [0.5, 0.6) is 5.75 Å². The minimum Gasteiger partial charge on any atom is -0.507 e. The van der Waals surface area contributed by atoms with E-state index in [0.29, 0.717) is 10.6 Å². The van der Waals surface area contributed by atoms with Crippen molar-refractivity contribution < 1.29 is 13.9 Å². The molecule has 1 atom stereocenters. The maximum atomic E-state index is 12.1. The fraction of sp³-hybridized carbons (Fsp3) is 0.400. The third kappa shape index (κ3) is 3.77. The maximum absolute atomic E-state index is 12.1. The summed E-state index contributed by atoms with van der Waals surface area (Å²) >= 11 is 5.75. The van der Waals surface area contributed by atoms with E-state index < -0.39 is 18.9 Å². The lowest BCUT2D eigenvalue weighted by Gasteiger charge is -2.15. The lowest BCUT2D eigenvalue weighted by atomic mass is 10.0. The molecular weight excluding hydrogens is 259 g/mol. The van der Waals surface area contributed by atoms with Gasteiger partial charge in [0, 0.05) is 23.0 Å². The van der Waals surface area contributed by atoms with Gasteiger partial charge in [0.1, 0.15) is 5.75 Å². The monoisotopic (exact) mass is 271 g/mol. The lowest BCUT2D eigenvalue weighted by molar-refractivity contribution is 0.128. The largest absolute Gasteiger partial charge is 0.507 e. The van der Waals surface area contributed by atoms with Crippen LogP contribution in [0.25, 0.3) is 0 Å². The smallest absolute Gasteiger partial charge is 0.240 e. The summed E-state index contributed by atoms with van der Waals surface area (Å²) in [5, 5.41) is 10.0. The van der Waals surface area contributed by atoms with Gasteiger partial charge in [0.2, 0.25) is 6.43 Å². The highest BCUT2D eigenvalue weighted by molar-refractivity contribution is 6.30. The zero-order chi connectivity index (χ0) is 11.6. The minimum atomic E-state index is -2.50. The van der Waals surface area contributed by atoms with Crippen LogP contribution >= 0.6 is 24.0 Å². The van der Waals surface area contributed by atoms with Gasteiger partial charge in [-0.3, -0.25) is 0 Å². The molecular formula is C10H13Cl2F2NO. The molecule has 0 aliphatic rings. The van der Waals surface area contributed by atoms with Gasteiger partial charge in [0.15, 0.2) is 0 Å². The highest BCUT2D eigenvalue weighted by Gasteiger charge is 2.17. The number of phenols is 1. The second-order valence-electron chi connectivity index (χ2n) is 3.39. The van der Waals surface area contributed by atoms with Crippen molar-refractivity contribution in [1.82, 2.24) is 0 Å². The average molecular weight is 272 g/mol. The van der Waals surface area contributed by atoms with Crippen molar-refractivity contribution in [3.63, 3.8) is 0 Å². The molecule has 0 aromatic heterocycles. The number of alkyl halides is 2. The molecule has 16 heavy (non-hydrogen) atoms. The zero-order valence-corrected chi connectivity index (χ0v) is 10.2. The molecule has 0 saturated heterocycles. The molecule has 1 rings (SSSR count). The molecule has 0 fully saturated rings. The van der Waals surface area contributed by atoms with Gasteiger partial charge >= 0.3 is 0 Å². The molecule has 0 amide bonds. The molecule has 2 nitrogen and oxygen atoms in total. The Morgan fingerprint density at radius 1 is 1.44 bits per heavy atom. The summed E-state index contributed by atoms with van der Waals surface area (Å²) < 4.78 is 24.2. The molecule has 0 aliphatic carbocycles. The lowest BCUT2D eigenvalue weighted by Crippen LogP contribution is -2.14. The number of aromatic hydroxyl groups is 1. The average Bonchev–Trinajstić information content (AvgIpc) is 2.09. The van der Waals surface area contributed by atoms with Crippen molar-refractivity contribution in [2.75, 3.05) is 0 Å². The molecule has 92 valence electrons. The van der Waals surface area contributed by atoms with E-state index in [4.69, 9.17) is 17.3 Å². The van der Waals surface area contributed by atoms with Gasteiger partial charge in [-0.1, -0.05) is 11.6 Å². The Morgan fingerprint density at radius 3 is 2.50 bits per heavy atom. The number of halogens is 4. The molecule has 3 N–H and O–H groups in total. The fourth-order valence-corrected chi connectivity index (χ4v) is 1.64. The third-order valence-electron chi connectivity index (χ3n) is 2.13. The van der Waals surface area contributed by atoms with Gasteiger partial charge in [0.05, 0.1) is 0 Å². The second-order valence-corrected chi connectivity index (χ2v) is 3.83. The first kappa shape index (κ1) is 15.4. The minimum absolute atomic E-state index is 0. The molecule has 0 radical (unpaired) electrons. The van der Waals surface area contributed by atoms with Crippen molar-refractivity contribution in [2.24, 2.45) is 5.73 Å². The van der Waals surface area contributed by atoms with E-state index in [9.17, 15) is 13.9 Å². The predicted octanol–water partition coefficient (Wildman–Crippen LogP) is 3.43. The van der Waals surface area contributed by atoms with Gasteiger partial charge in [-0.05, 0) is 24.6 Å². The van der Waals surface area contributed by atoms with Crippen LogP contribution in [0, 0.1) is 6.92 Å². The first-order chi connectivity index (χ1) is 6.91. The number of benzene rings is 1. The van der Waals surface area contributed by atoms with Crippen LogP contribution in [0.15, 0.2) is 12.1 Å². The summed E-state index contributed by atoms with van der Waals surface area (Å²) in [6.45, 7) is 1.64. The van der Waals surface area contributed by atoms with Gasteiger partial charge in [0.25, 0.3) is 0 Å². The van der Waals surface area contributed by atoms with Crippen LogP contribution in [-0.4, -0.2) is 11.5 Å². The summed E-state index contributed by atoms with van der Waals surface area (Å²) in [4.78, 5) is 0. The van der Waals surface area contributed by atoms with E-state index in [1.54, 1.807) is 13.0 Å². The number of hydrogen-bond acceptors (Lipinski definition) is 2. The topological polar surface area (TPSA) is 46.2 Å². The number of aryl methyl sites for hydroxylation is 1. The first-order valence-corrected chi connectivity index (χ1v) is 4.82. The Morgan fingerprint density at radius 2 is 2.00 bits per heavy atom. The summed E-state index contributed by atoms with van der Waals surface area (Å²) in [7, 11) is 0. The van der Waals surface area contributed by atoms with Crippen LogP contribution in [0.2, 0.25) is 5.02 Å². The van der Waals surface area contributed by atoms with Gasteiger partial charge in [-0.2, -0.15) is 0 Å². The van der Waals surface area contributed by atoms with Crippen molar-refractivity contribution in [2.45, 2.75) is 25.8 Å². The van der Waals surface area contributed by atoms with E-state index >= 15 is 0 Å². The van der Waals surface area contributed by atoms with Crippen molar-refractivity contribution in [3.05, 3.63) is 28.3 Å². The number of nitrogens with two attached hydrogens (primary N) is 1. The summed E-state index contributed by atoms with van der Waals surface area (Å²) in [6.07, 6.45) is -2.99. The highest BCUT2D eigenvalue weighted by Crippen LogP contribution is 2.32. The second kappa shape index (κ2) is 6.23. The van der Waals surface area contributed by atoms with Crippen LogP contribution in [0.1, 0.15) is 23.6 Å². The van der Waals surface area contributed by atoms with Gasteiger partial charge in [-0.25, -0.2) is 8.78 Å². The van der Waals surface area contributed by atoms with Crippen LogP contribution in [0.3, 0.4) is 0 Å². The quantitative estimate of drug-likeness (QED) is 0.885. The normalized spacial score (nSPS) is 12.4.